The van der Waals surface area contributed by atoms with E-state index in [1.165, 1.54) is 7.11 Å². The van der Waals surface area contributed by atoms with Gasteiger partial charge in [-0.1, -0.05) is 13.8 Å². The van der Waals surface area contributed by atoms with Crippen molar-refractivity contribution in [3.05, 3.63) is 23.3 Å². The van der Waals surface area contributed by atoms with Crippen molar-refractivity contribution in [2.45, 2.75) is 19.3 Å². The molecule has 1 aromatic rings. The number of rotatable bonds is 1. The summed E-state index contributed by atoms with van der Waals surface area (Å²) in [5, 5.41) is 12.9. The van der Waals surface area contributed by atoms with E-state index in [1.54, 1.807) is 12.1 Å². The third-order valence-corrected chi connectivity index (χ3v) is 2.99. The van der Waals surface area contributed by atoms with Crippen LogP contribution >= 0.6 is 0 Å². The molecule has 2 N–H and O–H groups in total. The standard InChI is InChI=1S/C12H15NO3/c1-12(2)6-13-9-5-10(14)7(4-8(9)12)11(15)16-3/h4-5,13-14H,6H2,1-3H3. The molecule has 1 heterocycles. The Morgan fingerprint density at radius 3 is 2.81 bits per heavy atom. The summed E-state index contributed by atoms with van der Waals surface area (Å²) in [7, 11) is 1.30. The Labute approximate surface area is 94.2 Å². The molecule has 0 atom stereocenters. The van der Waals surface area contributed by atoms with Gasteiger partial charge < -0.3 is 15.2 Å². The average Bonchev–Trinajstić information content (AvgIpc) is 2.52. The van der Waals surface area contributed by atoms with E-state index >= 15 is 0 Å². The Morgan fingerprint density at radius 1 is 1.50 bits per heavy atom. The van der Waals surface area contributed by atoms with Crippen LogP contribution in [0.1, 0.15) is 29.8 Å². The molecular formula is C12H15NO3. The number of methoxy groups -OCH3 is 1. The molecule has 0 aromatic heterocycles. The van der Waals surface area contributed by atoms with Gasteiger partial charge in [-0.3, -0.25) is 0 Å². The fourth-order valence-corrected chi connectivity index (χ4v) is 1.98. The smallest absolute Gasteiger partial charge is 0.341 e. The van der Waals surface area contributed by atoms with E-state index in [2.05, 4.69) is 23.9 Å². The fourth-order valence-electron chi connectivity index (χ4n) is 1.98. The van der Waals surface area contributed by atoms with Crippen LogP contribution in [0.2, 0.25) is 0 Å². The maximum absolute atomic E-state index is 11.4. The molecule has 1 aliphatic heterocycles. The van der Waals surface area contributed by atoms with Gasteiger partial charge >= 0.3 is 5.97 Å². The highest BCUT2D eigenvalue weighted by atomic mass is 16.5. The molecule has 0 amide bonds. The number of hydrogen-bond acceptors (Lipinski definition) is 4. The van der Waals surface area contributed by atoms with Crippen LogP contribution in [-0.2, 0) is 10.2 Å². The molecule has 0 radical (unpaired) electrons. The molecule has 1 aromatic carbocycles. The van der Waals surface area contributed by atoms with Crippen molar-refractivity contribution in [2.75, 3.05) is 19.0 Å². The molecule has 86 valence electrons. The Bertz CT molecular complexity index is 452. The molecule has 0 unspecified atom stereocenters. The normalized spacial score (nSPS) is 16.4. The van der Waals surface area contributed by atoms with Crippen LogP contribution in [0.4, 0.5) is 5.69 Å². The summed E-state index contributed by atoms with van der Waals surface area (Å²) >= 11 is 0. The summed E-state index contributed by atoms with van der Waals surface area (Å²) in [6, 6.07) is 3.28. The molecule has 16 heavy (non-hydrogen) atoms. The fraction of sp³-hybridized carbons (Fsp3) is 0.417. The van der Waals surface area contributed by atoms with Crippen LogP contribution in [0.15, 0.2) is 12.1 Å². The van der Waals surface area contributed by atoms with E-state index < -0.39 is 5.97 Å². The zero-order valence-electron chi connectivity index (χ0n) is 9.63. The maximum Gasteiger partial charge on any atom is 0.341 e. The minimum Gasteiger partial charge on any atom is -0.507 e. The Kier molecular flexibility index (Phi) is 2.30. The Morgan fingerprint density at radius 2 is 2.19 bits per heavy atom. The van der Waals surface area contributed by atoms with Crippen LogP contribution in [-0.4, -0.2) is 24.7 Å². The highest BCUT2D eigenvalue weighted by Gasteiger charge is 2.31. The minimum atomic E-state index is -0.511. The highest BCUT2D eigenvalue weighted by molar-refractivity contribution is 5.94. The lowest BCUT2D eigenvalue weighted by molar-refractivity contribution is 0.0597. The summed E-state index contributed by atoms with van der Waals surface area (Å²) in [5.41, 5.74) is 2.10. The first kappa shape index (κ1) is 10.8. The molecule has 0 fully saturated rings. The first-order chi connectivity index (χ1) is 7.45. The summed E-state index contributed by atoms with van der Waals surface area (Å²) in [5.74, 6) is -0.557. The van der Waals surface area contributed by atoms with E-state index in [4.69, 9.17) is 0 Å². The third-order valence-electron chi connectivity index (χ3n) is 2.99. The molecule has 1 aliphatic rings. The van der Waals surface area contributed by atoms with Crippen LogP contribution in [0, 0.1) is 0 Å². The van der Waals surface area contributed by atoms with Gasteiger partial charge in [-0.25, -0.2) is 4.79 Å². The maximum atomic E-state index is 11.4. The van der Waals surface area contributed by atoms with Crippen molar-refractivity contribution in [2.24, 2.45) is 0 Å². The largest absolute Gasteiger partial charge is 0.507 e. The minimum absolute atomic E-state index is 0.0359. The summed E-state index contributed by atoms with van der Waals surface area (Å²) in [6.45, 7) is 4.97. The third kappa shape index (κ3) is 1.50. The number of nitrogens with one attached hydrogen (secondary N) is 1. The Hall–Kier alpha value is -1.71. The summed E-state index contributed by atoms with van der Waals surface area (Å²) < 4.78 is 4.63. The van der Waals surface area contributed by atoms with Crippen LogP contribution in [0.25, 0.3) is 0 Å². The van der Waals surface area contributed by atoms with Gasteiger partial charge in [0.25, 0.3) is 0 Å². The van der Waals surface area contributed by atoms with E-state index in [0.29, 0.717) is 0 Å². The summed E-state index contributed by atoms with van der Waals surface area (Å²) in [6.07, 6.45) is 0. The van der Waals surface area contributed by atoms with Crippen molar-refractivity contribution in [3.63, 3.8) is 0 Å². The second-order valence-corrected chi connectivity index (χ2v) is 4.64. The van der Waals surface area contributed by atoms with Crippen molar-refractivity contribution in [1.29, 1.82) is 0 Å². The summed E-state index contributed by atoms with van der Waals surface area (Å²) in [4.78, 5) is 11.4. The number of carbonyl (C=O) groups excluding carboxylic acids is 1. The SMILES string of the molecule is COC(=O)c1cc2c(cc1O)NCC2(C)C. The van der Waals surface area contributed by atoms with Gasteiger partial charge in [-0.2, -0.15) is 0 Å². The van der Waals surface area contributed by atoms with Crippen LogP contribution in [0.3, 0.4) is 0 Å². The monoisotopic (exact) mass is 221 g/mol. The van der Waals surface area contributed by atoms with Crippen molar-refractivity contribution in [1.82, 2.24) is 0 Å². The number of ether oxygens (including phenoxy) is 1. The van der Waals surface area contributed by atoms with E-state index in [0.717, 1.165) is 17.8 Å². The second-order valence-electron chi connectivity index (χ2n) is 4.64. The van der Waals surface area contributed by atoms with Crippen molar-refractivity contribution < 1.29 is 14.6 Å². The number of fused-ring (bicyclic) bond motifs is 1. The van der Waals surface area contributed by atoms with Crippen LogP contribution in [0.5, 0.6) is 5.75 Å². The molecular weight excluding hydrogens is 206 g/mol. The van der Waals surface area contributed by atoms with Gasteiger partial charge in [0.2, 0.25) is 0 Å². The number of benzene rings is 1. The van der Waals surface area contributed by atoms with Gasteiger partial charge in [0.05, 0.1) is 7.11 Å². The first-order valence-electron chi connectivity index (χ1n) is 5.15. The number of carbonyl (C=O) groups is 1. The van der Waals surface area contributed by atoms with Crippen molar-refractivity contribution >= 4 is 11.7 Å². The molecule has 0 saturated heterocycles. The number of aromatic hydroxyl groups is 1. The zero-order chi connectivity index (χ0) is 11.9. The van der Waals surface area contributed by atoms with Crippen LogP contribution < -0.4 is 5.32 Å². The molecule has 0 bridgehead atoms. The predicted molar refractivity (Wildman–Crippen MR) is 61.0 cm³/mol. The molecule has 4 heteroatoms. The van der Waals surface area contributed by atoms with E-state index in [-0.39, 0.29) is 16.7 Å². The van der Waals surface area contributed by atoms with Gasteiger partial charge in [0.15, 0.2) is 0 Å². The lowest BCUT2D eigenvalue weighted by Crippen LogP contribution is -2.19. The van der Waals surface area contributed by atoms with E-state index in [1.807, 2.05) is 0 Å². The molecule has 4 nitrogen and oxygen atoms in total. The van der Waals surface area contributed by atoms with Gasteiger partial charge in [0, 0.05) is 23.7 Å². The first-order valence-corrected chi connectivity index (χ1v) is 5.15. The molecule has 2 rings (SSSR count). The number of hydrogen-bond donors (Lipinski definition) is 2. The quantitative estimate of drug-likeness (QED) is 0.711. The molecule has 0 aliphatic carbocycles. The van der Waals surface area contributed by atoms with Gasteiger partial charge in [-0.15, -0.1) is 0 Å². The predicted octanol–water partition coefficient (Wildman–Crippen LogP) is 1.88. The average molecular weight is 221 g/mol. The van der Waals surface area contributed by atoms with Crippen molar-refractivity contribution in [3.8, 4) is 5.75 Å². The van der Waals surface area contributed by atoms with Gasteiger partial charge in [-0.05, 0) is 11.6 Å². The van der Waals surface area contributed by atoms with Gasteiger partial charge in [0.1, 0.15) is 11.3 Å². The number of phenols is 1. The second kappa shape index (κ2) is 3.40. The lowest BCUT2D eigenvalue weighted by Gasteiger charge is -2.17. The Balaban J connectivity index is 2.56. The number of phenolic OH excluding ortho intramolecular Hbond substituents is 1. The topological polar surface area (TPSA) is 58.6 Å². The lowest BCUT2D eigenvalue weighted by atomic mass is 9.86. The van der Waals surface area contributed by atoms with E-state index in [9.17, 15) is 9.90 Å². The highest BCUT2D eigenvalue weighted by Crippen LogP contribution is 2.39. The molecule has 0 saturated carbocycles. The number of esters is 1. The molecule has 0 spiro atoms. The zero-order valence-corrected chi connectivity index (χ0v) is 9.63. The number of anilines is 1.